The number of rotatable bonds is 4. The number of hydrogen-bond donors (Lipinski definition) is 2. The van der Waals surface area contributed by atoms with E-state index in [1.165, 1.54) is 25.3 Å². The molecule has 4 nitrogen and oxygen atoms in total. The van der Waals surface area contributed by atoms with E-state index in [1.54, 1.807) is 25.1 Å². The molecular weight excluding hydrogens is 261 g/mol. The number of halogens is 1. The Labute approximate surface area is 115 Å². The number of methoxy groups -OCH3 is 1. The van der Waals surface area contributed by atoms with Gasteiger partial charge in [0.2, 0.25) is 0 Å². The van der Waals surface area contributed by atoms with Crippen LogP contribution in [-0.4, -0.2) is 18.2 Å². The van der Waals surface area contributed by atoms with Gasteiger partial charge in [0, 0.05) is 11.8 Å². The van der Waals surface area contributed by atoms with Gasteiger partial charge in [0.25, 0.3) is 0 Å². The molecule has 0 aliphatic heterocycles. The third-order valence-electron chi connectivity index (χ3n) is 2.90. The molecule has 0 unspecified atom stereocenters. The van der Waals surface area contributed by atoms with E-state index in [2.05, 4.69) is 5.32 Å². The van der Waals surface area contributed by atoms with E-state index in [0.717, 1.165) is 0 Å². The zero-order valence-electron chi connectivity index (χ0n) is 11.1. The predicted molar refractivity (Wildman–Crippen MR) is 74.4 cm³/mol. The Bertz CT molecular complexity index is 656. The highest BCUT2D eigenvalue weighted by Crippen LogP contribution is 2.29. The Morgan fingerprint density at radius 3 is 2.60 bits per heavy atom. The summed E-state index contributed by atoms with van der Waals surface area (Å²) in [6, 6.07) is 9.06. The molecule has 0 radical (unpaired) electrons. The second-order valence-electron chi connectivity index (χ2n) is 4.30. The second-order valence-corrected chi connectivity index (χ2v) is 4.30. The molecule has 0 spiro atoms. The molecule has 0 saturated carbocycles. The zero-order valence-corrected chi connectivity index (χ0v) is 11.1. The van der Waals surface area contributed by atoms with Gasteiger partial charge in [0.15, 0.2) is 0 Å². The summed E-state index contributed by atoms with van der Waals surface area (Å²) >= 11 is 0. The SMILES string of the molecule is COc1cc(F)ccc1Nc1ccc(C(=O)O)c(C)c1. The standard InChI is InChI=1S/C15H14FNO3/c1-9-7-11(4-5-12(9)15(18)19)17-13-6-3-10(16)8-14(13)20-2/h3-8,17H,1-2H3,(H,18,19). The lowest BCUT2D eigenvalue weighted by Crippen LogP contribution is -2.01. The Balaban J connectivity index is 2.31. The summed E-state index contributed by atoms with van der Waals surface area (Å²) in [6.07, 6.45) is 0. The number of carboxylic acids is 1. The lowest BCUT2D eigenvalue weighted by molar-refractivity contribution is 0.0696. The highest BCUT2D eigenvalue weighted by Gasteiger charge is 2.09. The van der Waals surface area contributed by atoms with Crippen molar-refractivity contribution in [1.29, 1.82) is 0 Å². The number of aromatic carboxylic acids is 1. The average Bonchev–Trinajstić information content (AvgIpc) is 2.40. The summed E-state index contributed by atoms with van der Waals surface area (Å²) in [4.78, 5) is 10.9. The van der Waals surface area contributed by atoms with Crippen LogP contribution in [0.15, 0.2) is 36.4 Å². The van der Waals surface area contributed by atoms with Gasteiger partial charge in [0.05, 0.1) is 18.4 Å². The maximum atomic E-state index is 13.1. The molecule has 0 saturated heterocycles. The van der Waals surface area contributed by atoms with E-state index in [4.69, 9.17) is 9.84 Å². The van der Waals surface area contributed by atoms with Crippen LogP contribution < -0.4 is 10.1 Å². The van der Waals surface area contributed by atoms with Crippen LogP contribution in [-0.2, 0) is 0 Å². The number of carboxylic acid groups (broad SMARTS) is 1. The summed E-state index contributed by atoms with van der Waals surface area (Å²) in [5.41, 5.74) is 2.21. The van der Waals surface area contributed by atoms with Crippen molar-refractivity contribution in [3.63, 3.8) is 0 Å². The maximum absolute atomic E-state index is 13.1. The van der Waals surface area contributed by atoms with Crippen molar-refractivity contribution in [1.82, 2.24) is 0 Å². The van der Waals surface area contributed by atoms with Crippen LogP contribution in [0.5, 0.6) is 5.75 Å². The maximum Gasteiger partial charge on any atom is 0.335 e. The normalized spacial score (nSPS) is 10.2. The third-order valence-corrected chi connectivity index (χ3v) is 2.90. The molecule has 0 bridgehead atoms. The molecule has 0 aliphatic rings. The van der Waals surface area contributed by atoms with E-state index in [0.29, 0.717) is 22.7 Å². The number of hydrogen-bond acceptors (Lipinski definition) is 3. The molecule has 2 aromatic carbocycles. The lowest BCUT2D eigenvalue weighted by atomic mass is 10.1. The molecule has 0 aromatic heterocycles. The summed E-state index contributed by atoms with van der Waals surface area (Å²) < 4.78 is 18.2. The van der Waals surface area contributed by atoms with Crippen LogP contribution in [0.25, 0.3) is 0 Å². The fraction of sp³-hybridized carbons (Fsp3) is 0.133. The Morgan fingerprint density at radius 2 is 2.00 bits per heavy atom. The minimum absolute atomic E-state index is 0.252. The van der Waals surface area contributed by atoms with Crippen molar-refractivity contribution in [3.05, 3.63) is 53.3 Å². The molecule has 5 heteroatoms. The largest absolute Gasteiger partial charge is 0.494 e. The molecule has 0 amide bonds. The van der Waals surface area contributed by atoms with Gasteiger partial charge in [0.1, 0.15) is 11.6 Å². The molecule has 0 fully saturated rings. The van der Waals surface area contributed by atoms with Crippen LogP contribution >= 0.6 is 0 Å². The van der Waals surface area contributed by atoms with Gasteiger partial charge >= 0.3 is 5.97 Å². The summed E-state index contributed by atoms with van der Waals surface area (Å²) in [6.45, 7) is 1.72. The topological polar surface area (TPSA) is 58.6 Å². The zero-order chi connectivity index (χ0) is 14.7. The first-order valence-electron chi connectivity index (χ1n) is 5.96. The minimum atomic E-state index is -0.964. The molecule has 0 aliphatic carbocycles. The van der Waals surface area contributed by atoms with Crippen LogP contribution in [0.3, 0.4) is 0 Å². The first kappa shape index (κ1) is 13.9. The first-order valence-corrected chi connectivity index (χ1v) is 5.96. The molecule has 0 heterocycles. The van der Waals surface area contributed by atoms with Crippen molar-refractivity contribution in [2.24, 2.45) is 0 Å². The molecule has 0 atom stereocenters. The fourth-order valence-corrected chi connectivity index (χ4v) is 1.91. The Hall–Kier alpha value is -2.56. The highest BCUT2D eigenvalue weighted by molar-refractivity contribution is 5.90. The lowest BCUT2D eigenvalue weighted by Gasteiger charge is -2.12. The predicted octanol–water partition coefficient (Wildman–Crippen LogP) is 3.58. The van der Waals surface area contributed by atoms with Crippen LogP contribution in [0.2, 0.25) is 0 Å². The molecular formula is C15H14FNO3. The monoisotopic (exact) mass is 275 g/mol. The number of nitrogens with one attached hydrogen (secondary N) is 1. The fourth-order valence-electron chi connectivity index (χ4n) is 1.91. The van der Waals surface area contributed by atoms with Gasteiger partial charge in [-0.15, -0.1) is 0 Å². The molecule has 104 valence electrons. The molecule has 20 heavy (non-hydrogen) atoms. The van der Waals surface area contributed by atoms with Gasteiger partial charge in [-0.05, 0) is 42.8 Å². The van der Waals surface area contributed by atoms with Gasteiger partial charge in [-0.3, -0.25) is 0 Å². The van der Waals surface area contributed by atoms with Crippen LogP contribution in [0.1, 0.15) is 15.9 Å². The Kier molecular flexibility index (Phi) is 3.89. The molecule has 2 N–H and O–H groups in total. The Morgan fingerprint density at radius 1 is 1.25 bits per heavy atom. The van der Waals surface area contributed by atoms with Crippen molar-refractivity contribution in [3.8, 4) is 5.75 Å². The quantitative estimate of drug-likeness (QED) is 0.895. The van der Waals surface area contributed by atoms with Crippen molar-refractivity contribution < 1.29 is 19.0 Å². The molecule has 2 aromatic rings. The van der Waals surface area contributed by atoms with Crippen LogP contribution in [0, 0.1) is 12.7 Å². The van der Waals surface area contributed by atoms with Crippen molar-refractivity contribution in [2.45, 2.75) is 6.92 Å². The minimum Gasteiger partial charge on any atom is -0.494 e. The summed E-state index contributed by atoms with van der Waals surface area (Å²) in [7, 11) is 1.46. The van der Waals surface area contributed by atoms with Crippen molar-refractivity contribution in [2.75, 3.05) is 12.4 Å². The average molecular weight is 275 g/mol. The number of anilines is 2. The number of carbonyl (C=O) groups is 1. The third kappa shape index (κ3) is 2.88. The summed E-state index contributed by atoms with van der Waals surface area (Å²) in [5, 5.41) is 12.0. The first-order chi connectivity index (χ1) is 9.51. The smallest absolute Gasteiger partial charge is 0.335 e. The number of ether oxygens (including phenoxy) is 1. The van der Waals surface area contributed by atoms with E-state index >= 15 is 0 Å². The van der Waals surface area contributed by atoms with E-state index < -0.39 is 5.97 Å². The number of benzene rings is 2. The van der Waals surface area contributed by atoms with E-state index in [1.807, 2.05) is 0 Å². The highest BCUT2D eigenvalue weighted by atomic mass is 19.1. The van der Waals surface area contributed by atoms with Crippen LogP contribution in [0.4, 0.5) is 15.8 Å². The van der Waals surface area contributed by atoms with Gasteiger partial charge < -0.3 is 15.2 Å². The second kappa shape index (κ2) is 5.61. The molecule has 2 rings (SSSR count). The van der Waals surface area contributed by atoms with Gasteiger partial charge in [-0.1, -0.05) is 0 Å². The summed E-state index contributed by atoms with van der Waals surface area (Å²) in [5.74, 6) is -0.969. The van der Waals surface area contributed by atoms with E-state index in [9.17, 15) is 9.18 Å². The van der Waals surface area contributed by atoms with Crippen molar-refractivity contribution >= 4 is 17.3 Å². The van der Waals surface area contributed by atoms with Gasteiger partial charge in [-0.25, -0.2) is 9.18 Å². The van der Waals surface area contributed by atoms with Gasteiger partial charge in [-0.2, -0.15) is 0 Å². The number of aryl methyl sites for hydroxylation is 1. The van der Waals surface area contributed by atoms with E-state index in [-0.39, 0.29) is 11.4 Å².